The van der Waals surface area contributed by atoms with Crippen LogP contribution in [0.5, 0.6) is 0 Å². The molecule has 4 heteroatoms. The number of rotatable bonds is 5. The lowest BCUT2D eigenvalue weighted by atomic mass is 10.1. The van der Waals surface area contributed by atoms with Crippen LogP contribution in [0, 0.1) is 11.3 Å². The zero-order chi connectivity index (χ0) is 12.8. The zero-order valence-corrected chi connectivity index (χ0v) is 10.6. The highest BCUT2D eigenvalue weighted by Crippen LogP contribution is 2.11. The van der Waals surface area contributed by atoms with Gasteiger partial charge in [-0.2, -0.15) is 5.26 Å². The van der Waals surface area contributed by atoms with E-state index in [1.54, 1.807) is 29.8 Å². The first-order chi connectivity index (χ1) is 8.13. The van der Waals surface area contributed by atoms with Crippen LogP contribution in [0.25, 0.3) is 0 Å². The van der Waals surface area contributed by atoms with Crippen LogP contribution in [0.15, 0.2) is 18.3 Å². The summed E-state index contributed by atoms with van der Waals surface area (Å²) in [7, 11) is 0. The summed E-state index contributed by atoms with van der Waals surface area (Å²) >= 11 is 0. The van der Waals surface area contributed by atoms with E-state index in [2.05, 4.69) is 25.2 Å². The molecule has 0 aliphatic rings. The summed E-state index contributed by atoms with van der Waals surface area (Å²) in [5, 5.41) is 11.9. The molecule has 0 saturated heterocycles. The van der Waals surface area contributed by atoms with Crippen molar-refractivity contribution in [2.45, 2.75) is 45.7 Å². The topological polar surface area (TPSA) is 57.8 Å². The van der Waals surface area contributed by atoms with E-state index in [-0.39, 0.29) is 18.0 Å². The Morgan fingerprint density at radius 3 is 2.71 bits per heavy atom. The quantitative estimate of drug-likeness (QED) is 0.847. The summed E-state index contributed by atoms with van der Waals surface area (Å²) in [6.45, 7) is 5.91. The van der Waals surface area contributed by atoms with Crippen LogP contribution in [-0.4, -0.2) is 16.5 Å². The van der Waals surface area contributed by atoms with Crippen molar-refractivity contribution < 1.29 is 4.79 Å². The average molecular weight is 233 g/mol. The van der Waals surface area contributed by atoms with Gasteiger partial charge in [0.2, 0.25) is 5.91 Å². The van der Waals surface area contributed by atoms with E-state index in [1.807, 2.05) is 0 Å². The molecule has 1 rings (SSSR count). The highest BCUT2D eigenvalue weighted by Gasteiger charge is 2.18. The van der Waals surface area contributed by atoms with Gasteiger partial charge in [0.1, 0.15) is 17.8 Å². The van der Waals surface area contributed by atoms with Gasteiger partial charge in [-0.1, -0.05) is 13.8 Å². The molecule has 4 nitrogen and oxygen atoms in total. The molecule has 1 heterocycles. The predicted molar refractivity (Wildman–Crippen MR) is 66.4 cm³/mol. The van der Waals surface area contributed by atoms with Crippen molar-refractivity contribution in [1.29, 1.82) is 5.26 Å². The van der Waals surface area contributed by atoms with Crippen LogP contribution in [0.2, 0.25) is 0 Å². The van der Waals surface area contributed by atoms with Crippen molar-refractivity contribution in [1.82, 2.24) is 9.88 Å². The lowest BCUT2D eigenvalue weighted by molar-refractivity contribution is -0.124. The first-order valence-corrected chi connectivity index (χ1v) is 6.01. The van der Waals surface area contributed by atoms with Crippen molar-refractivity contribution in [3.63, 3.8) is 0 Å². The largest absolute Gasteiger partial charge is 0.352 e. The molecule has 1 amide bonds. The summed E-state index contributed by atoms with van der Waals surface area (Å²) in [5.41, 5.74) is 0.511. The van der Waals surface area contributed by atoms with Gasteiger partial charge in [0.15, 0.2) is 0 Å². The molecule has 0 radical (unpaired) electrons. The molecule has 0 aliphatic heterocycles. The molecular formula is C13H19N3O. The Kier molecular flexibility index (Phi) is 4.77. The summed E-state index contributed by atoms with van der Waals surface area (Å²) < 4.78 is 1.69. The van der Waals surface area contributed by atoms with E-state index in [0.717, 1.165) is 12.8 Å². The van der Waals surface area contributed by atoms with E-state index in [1.165, 1.54) is 0 Å². The minimum absolute atomic E-state index is 0.0357. The molecule has 1 aromatic heterocycles. The summed E-state index contributed by atoms with van der Waals surface area (Å²) in [4.78, 5) is 12.0. The van der Waals surface area contributed by atoms with E-state index < -0.39 is 0 Å². The van der Waals surface area contributed by atoms with E-state index >= 15 is 0 Å². The number of hydrogen-bond donors (Lipinski definition) is 1. The molecule has 1 atom stereocenters. The number of carbonyl (C=O) groups is 1. The molecule has 92 valence electrons. The van der Waals surface area contributed by atoms with Crippen molar-refractivity contribution in [2.24, 2.45) is 0 Å². The van der Waals surface area contributed by atoms with Crippen molar-refractivity contribution >= 4 is 5.91 Å². The second-order valence-corrected chi connectivity index (χ2v) is 4.11. The molecule has 1 N–H and O–H groups in total. The fourth-order valence-corrected chi connectivity index (χ4v) is 1.77. The van der Waals surface area contributed by atoms with E-state index in [9.17, 15) is 4.79 Å². The molecule has 0 fully saturated rings. The number of amides is 1. The SMILES string of the molecule is CCC(CC)NC(=O)C(C)n1cccc1C#N. The number of hydrogen-bond acceptors (Lipinski definition) is 2. The highest BCUT2D eigenvalue weighted by molar-refractivity contribution is 5.80. The van der Waals surface area contributed by atoms with Gasteiger partial charge in [0.25, 0.3) is 0 Å². The second kappa shape index (κ2) is 6.09. The highest BCUT2D eigenvalue weighted by atomic mass is 16.2. The monoisotopic (exact) mass is 233 g/mol. The lowest BCUT2D eigenvalue weighted by Gasteiger charge is -2.20. The van der Waals surface area contributed by atoms with Gasteiger partial charge in [-0.15, -0.1) is 0 Å². The molecule has 0 aromatic carbocycles. The molecule has 0 spiro atoms. The zero-order valence-electron chi connectivity index (χ0n) is 10.6. The van der Waals surface area contributed by atoms with Gasteiger partial charge in [0, 0.05) is 12.2 Å². The molecule has 1 unspecified atom stereocenters. The molecule has 0 aliphatic carbocycles. The van der Waals surface area contributed by atoms with Crippen molar-refractivity contribution in [3.8, 4) is 6.07 Å². The van der Waals surface area contributed by atoms with Crippen molar-refractivity contribution in [3.05, 3.63) is 24.0 Å². The molecule has 0 bridgehead atoms. The average Bonchev–Trinajstić information content (AvgIpc) is 2.82. The summed E-state index contributed by atoms with van der Waals surface area (Å²) in [5.74, 6) is -0.0357. The molecule has 1 aromatic rings. The standard InChI is InChI=1S/C13H19N3O/c1-4-11(5-2)15-13(17)10(3)16-8-6-7-12(16)9-14/h6-8,10-11H,4-5H2,1-3H3,(H,15,17). The Balaban J connectivity index is 2.74. The van der Waals surface area contributed by atoms with Crippen LogP contribution < -0.4 is 5.32 Å². The maximum absolute atomic E-state index is 12.0. The Morgan fingerprint density at radius 2 is 2.18 bits per heavy atom. The van der Waals surface area contributed by atoms with Gasteiger partial charge >= 0.3 is 0 Å². The minimum Gasteiger partial charge on any atom is -0.352 e. The van der Waals surface area contributed by atoms with E-state index in [0.29, 0.717) is 5.69 Å². The first kappa shape index (κ1) is 13.3. The first-order valence-electron chi connectivity index (χ1n) is 6.01. The fraction of sp³-hybridized carbons (Fsp3) is 0.538. The van der Waals surface area contributed by atoms with Gasteiger partial charge in [-0.25, -0.2) is 0 Å². The predicted octanol–water partition coefficient (Wildman–Crippen LogP) is 2.23. The van der Waals surface area contributed by atoms with Crippen LogP contribution in [0.3, 0.4) is 0 Å². The van der Waals surface area contributed by atoms with Crippen molar-refractivity contribution in [2.75, 3.05) is 0 Å². The number of aromatic nitrogens is 1. The fourth-order valence-electron chi connectivity index (χ4n) is 1.77. The molecule has 17 heavy (non-hydrogen) atoms. The third kappa shape index (κ3) is 3.10. The number of nitriles is 1. The molecule has 0 saturated carbocycles. The number of nitrogens with zero attached hydrogens (tertiary/aromatic N) is 2. The summed E-state index contributed by atoms with van der Waals surface area (Å²) in [6, 6.07) is 5.43. The maximum atomic E-state index is 12.0. The normalized spacial score (nSPS) is 12.2. The smallest absolute Gasteiger partial charge is 0.243 e. The van der Waals surface area contributed by atoms with Crippen LogP contribution >= 0.6 is 0 Å². The summed E-state index contributed by atoms with van der Waals surface area (Å²) in [6.07, 6.45) is 3.60. The van der Waals surface area contributed by atoms with Gasteiger partial charge in [-0.05, 0) is 31.9 Å². The lowest BCUT2D eigenvalue weighted by Crippen LogP contribution is -2.38. The Bertz CT molecular complexity index is 413. The number of carbonyl (C=O) groups excluding carboxylic acids is 1. The minimum atomic E-state index is -0.347. The Hall–Kier alpha value is -1.76. The Morgan fingerprint density at radius 1 is 1.53 bits per heavy atom. The van der Waals surface area contributed by atoms with Gasteiger partial charge < -0.3 is 9.88 Å². The van der Waals surface area contributed by atoms with Crippen LogP contribution in [-0.2, 0) is 4.79 Å². The van der Waals surface area contributed by atoms with Crippen LogP contribution in [0.4, 0.5) is 0 Å². The molecular weight excluding hydrogens is 214 g/mol. The maximum Gasteiger partial charge on any atom is 0.243 e. The number of nitrogens with one attached hydrogen (secondary N) is 1. The van der Waals surface area contributed by atoms with Gasteiger partial charge in [-0.3, -0.25) is 4.79 Å². The van der Waals surface area contributed by atoms with Crippen LogP contribution in [0.1, 0.15) is 45.3 Å². The third-order valence-corrected chi connectivity index (χ3v) is 3.02. The Labute approximate surface area is 102 Å². The van der Waals surface area contributed by atoms with Gasteiger partial charge in [0.05, 0.1) is 0 Å². The van der Waals surface area contributed by atoms with E-state index in [4.69, 9.17) is 5.26 Å². The third-order valence-electron chi connectivity index (χ3n) is 3.02. The second-order valence-electron chi connectivity index (χ2n) is 4.11.